The minimum absolute atomic E-state index is 0.0598. The Morgan fingerprint density at radius 2 is 2.23 bits per heavy atom. The number of rotatable bonds is 4. The molecule has 0 amide bonds. The van der Waals surface area contributed by atoms with Gasteiger partial charge in [0.25, 0.3) is 5.56 Å². The molecule has 4 atom stereocenters. The van der Waals surface area contributed by atoms with E-state index >= 15 is 0 Å². The Morgan fingerprint density at radius 1 is 1.45 bits per heavy atom. The van der Waals surface area contributed by atoms with Gasteiger partial charge in [0, 0.05) is 0 Å². The Kier molecular flexibility index (Phi) is 3.83. The Hall–Kier alpha value is -2.01. The summed E-state index contributed by atoms with van der Waals surface area (Å²) in [7, 11) is 0. The van der Waals surface area contributed by atoms with Gasteiger partial charge in [0.2, 0.25) is 5.88 Å². The van der Waals surface area contributed by atoms with E-state index < -0.39 is 36.7 Å². The predicted octanol–water partition coefficient (Wildman–Crippen LogP) is -1.87. The Balaban J connectivity index is 2.12. The summed E-state index contributed by atoms with van der Waals surface area (Å²) >= 11 is 0. The number of aromatic amines is 1. The van der Waals surface area contributed by atoms with Crippen molar-refractivity contribution < 1.29 is 24.8 Å². The number of H-pyrrole nitrogens is 1. The molecule has 1 aliphatic heterocycles. The van der Waals surface area contributed by atoms with Gasteiger partial charge in [-0.15, -0.1) is 5.10 Å². The summed E-state index contributed by atoms with van der Waals surface area (Å²) < 4.78 is 11.9. The number of hydrogen-bond acceptors (Lipinski definition) is 8. The zero-order valence-electron chi connectivity index (χ0n) is 11.7. The van der Waals surface area contributed by atoms with Crippen molar-refractivity contribution in [2.45, 2.75) is 31.5 Å². The van der Waals surface area contributed by atoms with Crippen molar-refractivity contribution in [1.82, 2.24) is 19.7 Å². The third-order valence-electron chi connectivity index (χ3n) is 3.50. The van der Waals surface area contributed by atoms with Gasteiger partial charge in [0.1, 0.15) is 23.7 Å². The molecule has 0 spiro atoms. The van der Waals surface area contributed by atoms with Crippen LogP contribution in [-0.4, -0.2) is 66.6 Å². The third kappa shape index (κ3) is 2.16. The van der Waals surface area contributed by atoms with Gasteiger partial charge in [-0.2, -0.15) is 0 Å². The van der Waals surface area contributed by atoms with Crippen LogP contribution in [-0.2, 0) is 4.74 Å². The largest absolute Gasteiger partial charge is 0.476 e. The van der Waals surface area contributed by atoms with Gasteiger partial charge in [0.15, 0.2) is 11.9 Å². The second kappa shape index (κ2) is 5.65. The number of fused-ring (bicyclic) bond motifs is 1. The van der Waals surface area contributed by atoms with Gasteiger partial charge in [-0.1, -0.05) is 0 Å². The van der Waals surface area contributed by atoms with E-state index in [1.165, 1.54) is 11.0 Å². The number of aliphatic hydroxyl groups is 3. The minimum atomic E-state index is -1.32. The molecule has 0 aliphatic carbocycles. The number of nitrogens with zero attached hydrogens (tertiary/aromatic N) is 3. The molecule has 2 aromatic heterocycles. The van der Waals surface area contributed by atoms with Gasteiger partial charge >= 0.3 is 0 Å². The van der Waals surface area contributed by atoms with Gasteiger partial charge in [0.05, 0.1) is 19.5 Å². The molecule has 0 unspecified atom stereocenters. The van der Waals surface area contributed by atoms with Crippen LogP contribution in [0.4, 0.5) is 0 Å². The summed E-state index contributed by atoms with van der Waals surface area (Å²) in [5.74, 6) is 0.0598. The van der Waals surface area contributed by atoms with Crippen LogP contribution in [0.3, 0.4) is 0 Å². The Labute approximate surface area is 123 Å². The predicted molar refractivity (Wildman–Crippen MR) is 72.3 cm³/mol. The third-order valence-corrected chi connectivity index (χ3v) is 3.50. The quantitative estimate of drug-likeness (QED) is 0.514. The highest BCUT2D eigenvalue weighted by atomic mass is 16.6. The molecule has 22 heavy (non-hydrogen) atoms. The van der Waals surface area contributed by atoms with Crippen LogP contribution in [0.2, 0.25) is 0 Å². The normalized spacial score (nSPS) is 28.4. The van der Waals surface area contributed by atoms with Gasteiger partial charge < -0.3 is 29.8 Å². The number of aliphatic hydroxyl groups excluding tert-OH is 3. The van der Waals surface area contributed by atoms with Crippen LogP contribution in [0.1, 0.15) is 13.2 Å². The van der Waals surface area contributed by atoms with Crippen molar-refractivity contribution in [3.63, 3.8) is 0 Å². The summed E-state index contributed by atoms with van der Waals surface area (Å²) in [5, 5.41) is 33.3. The smallest absolute Gasteiger partial charge is 0.265 e. The minimum Gasteiger partial charge on any atom is -0.476 e. The summed E-state index contributed by atoms with van der Waals surface area (Å²) in [6.07, 6.45) is -3.43. The Morgan fingerprint density at radius 3 is 2.86 bits per heavy atom. The molecule has 10 nitrogen and oxygen atoms in total. The fourth-order valence-corrected chi connectivity index (χ4v) is 2.45. The second-order valence-corrected chi connectivity index (χ2v) is 4.84. The lowest BCUT2D eigenvalue weighted by Gasteiger charge is -2.15. The Bertz CT molecular complexity index is 728. The lowest BCUT2D eigenvalue weighted by molar-refractivity contribution is -0.0570. The maximum atomic E-state index is 11.9. The maximum Gasteiger partial charge on any atom is 0.265 e. The van der Waals surface area contributed by atoms with E-state index in [0.29, 0.717) is 0 Å². The van der Waals surface area contributed by atoms with Crippen LogP contribution < -0.4 is 10.3 Å². The molecule has 0 aromatic carbocycles. The molecule has 3 heterocycles. The SMILES string of the molecule is CCOc1nn([C@@H]2O[C@H](CO)[C@@H](O)[C@H]2O)c2nc[nH]c(=O)c12. The van der Waals surface area contributed by atoms with Crippen molar-refractivity contribution in [2.75, 3.05) is 13.2 Å². The van der Waals surface area contributed by atoms with Crippen LogP contribution in [0.5, 0.6) is 5.88 Å². The molecule has 1 aliphatic rings. The lowest BCUT2D eigenvalue weighted by atomic mass is 10.1. The summed E-state index contributed by atoms with van der Waals surface area (Å²) in [6.45, 7) is 1.57. The van der Waals surface area contributed by atoms with Crippen LogP contribution in [0.25, 0.3) is 11.0 Å². The second-order valence-electron chi connectivity index (χ2n) is 4.84. The highest BCUT2D eigenvalue weighted by Gasteiger charge is 2.45. The fourth-order valence-electron chi connectivity index (χ4n) is 2.45. The van der Waals surface area contributed by atoms with E-state index in [1.54, 1.807) is 6.92 Å². The lowest BCUT2D eigenvalue weighted by Crippen LogP contribution is -2.33. The highest BCUT2D eigenvalue weighted by molar-refractivity contribution is 5.80. The molecule has 10 heteroatoms. The highest BCUT2D eigenvalue weighted by Crippen LogP contribution is 2.32. The van der Waals surface area contributed by atoms with Crippen molar-refractivity contribution in [3.05, 3.63) is 16.7 Å². The van der Waals surface area contributed by atoms with E-state index in [2.05, 4.69) is 15.1 Å². The van der Waals surface area contributed by atoms with Gasteiger partial charge in [-0.3, -0.25) is 4.79 Å². The van der Waals surface area contributed by atoms with Gasteiger partial charge in [-0.05, 0) is 6.92 Å². The van der Waals surface area contributed by atoms with Crippen molar-refractivity contribution in [1.29, 1.82) is 0 Å². The summed E-state index contributed by atoms with van der Waals surface area (Å²) in [5.41, 5.74) is -0.284. The molecule has 4 N–H and O–H groups in total. The van der Waals surface area contributed by atoms with Crippen molar-refractivity contribution >= 4 is 11.0 Å². The first-order valence-electron chi connectivity index (χ1n) is 6.79. The van der Waals surface area contributed by atoms with Crippen LogP contribution >= 0.6 is 0 Å². The first-order chi connectivity index (χ1) is 10.6. The standard InChI is InChI=1S/C12H16N4O6/c1-2-21-11-6-9(13-4-14-10(6)20)16(15-11)12-8(19)7(18)5(3-17)22-12/h4-5,7-8,12,17-19H,2-3H2,1H3,(H,13,14,20)/t5-,7-,8-,12-/m1/s1. The number of nitrogens with one attached hydrogen (secondary N) is 1. The van der Waals surface area contributed by atoms with E-state index in [0.717, 1.165) is 0 Å². The maximum absolute atomic E-state index is 11.9. The first-order valence-corrected chi connectivity index (χ1v) is 6.79. The molecule has 120 valence electrons. The zero-order valence-corrected chi connectivity index (χ0v) is 11.7. The number of hydrogen-bond donors (Lipinski definition) is 4. The topological polar surface area (TPSA) is 143 Å². The van der Waals surface area contributed by atoms with E-state index in [1.807, 2.05) is 0 Å². The van der Waals surface area contributed by atoms with Crippen molar-refractivity contribution in [3.8, 4) is 5.88 Å². The molecule has 0 bridgehead atoms. The zero-order chi connectivity index (χ0) is 15.9. The van der Waals surface area contributed by atoms with E-state index in [4.69, 9.17) is 14.6 Å². The molecular weight excluding hydrogens is 296 g/mol. The summed E-state index contributed by atoms with van der Waals surface area (Å²) in [4.78, 5) is 18.4. The molecule has 1 fully saturated rings. The molecule has 3 rings (SSSR count). The molecular formula is C12H16N4O6. The first kappa shape index (κ1) is 14.9. The summed E-state index contributed by atoms with van der Waals surface area (Å²) in [6, 6.07) is 0. The number of aromatic nitrogens is 4. The number of ether oxygens (including phenoxy) is 2. The molecule has 2 aromatic rings. The molecule has 1 saturated heterocycles. The molecule has 0 radical (unpaired) electrons. The van der Waals surface area contributed by atoms with Crippen LogP contribution in [0.15, 0.2) is 11.1 Å². The van der Waals surface area contributed by atoms with Crippen LogP contribution in [0, 0.1) is 0 Å². The fraction of sp³-hybridized carbons (Fsp3) is 0.583. The average molecular weight is 312 g/mol. The average Bonchev–Trinajstić information content (AvgIpc) is 3.00. The monoisotopic (exact) mass is 312 g/mol. The van der Waals surface area contributed by atoms with E-state index in [9.17, 15) is 15.0 Å². The van der Waals surface area contributed by atoms with Gasteiger partial charge in [-0.25, -0.2) is 9.67 Å². The van der Waals surface area contributed by atoms with E-state index in [-0.39, 0.29) is 23.5 Å². The van der Waals surface area contributed by atoms with Crippen molar-refractivity contribution in [2.24, 2.45) is 0 Å². The molecule has 0 saturated carbocycles.